The second kappa shape index (κ2) is 12.5. The van der Waals surface area contributed by atoms with Gasteiger partial charge < -0.3 is 14.8 Å². The molecule has 0 bridgehead atoms. The molecule has 0 unspecified atom stereocenters. The molecule has 10 heteroatoms. The van der Waals surface area contributed by atoms with Crippen molar-refractivity contribution < 1.29 is 23.9 Å². The number of thioether (sulfide) groups is 1. The zero-order valence-corrected chi connectivity index (χ0v) is 23.8. The number of benzene rings is 3. The van der Waals surface area contributed by atoms with E-state index < -0.39 is 0 Å². The Morgan fingerprint density at radius 3 is 2.63 bits per heavy atom. The van der Waals surface area contributed by atoms with E-state index in [1.807, 2.05) is 44.2 Å². The summed E-state index contributed by atoms with van der Waals surface area (Å²) < 4.78 is 11.9. The van der Waals surface area contributed by atoms with Crippen molar-refractivity contribution in [2.45, 2.75) is 13.8 Å². The van der Waals surface area contributed by atoms with Gasteiger partial charge in [-0.05, 0) is 101 Å². The lowest BCUT2D eigenvalue weighted by Crippen LogP contribution is -2.32. The highest BCUT2D eigenvalue weighted by Crippen LogP contribution is 2.34. The molecule has 1 fully saturated rings. The van der Waals surface area contributed by atoms with Crippen LogP contribution < -0.4 is 14.8 Å². The number of ether oxygens (including phenoxy) is 2. The van der Waals surface area contributed by atoms with Crippen LogP contribution in [0.2, 0.25) is 5.02 Å². The molecule has 196 valence electrons. The Hall–Kier alpha value is -3.27. The molecule has 0 spiro atoms. The maximum atomic E-state index is 12.8. The Morgan fingerprint density at radius 1 is 1.08 bits per heavy atom. The summed E-state index contributed by atoms with van der Waals surface area (Å²) in [5.41, 5.74) is 3.26. The molecule has 38 heavy (non-hydrogen) atoms. The number of imide groups is 1. The molecule has 3 aromatic rings. The Bertz CT molecular complexity index is 1430. The Balaban J connectivity index is 1.32. The molecule has 0 atom stereocenters. The number of halogens is 2. The van der Waals surface area contributed by atoms with Crippen LogP contribution in [0.25, 0.3) is 6.08 Å². The number of nitrogens with one attached hydrogen (secondary N) is 1. The van der Waals surface area contributed by atoms with Crippen LogP contribution in [0.1, 0.15) is 16.7 Å². The minimum Gasteiger partial charge on any atom is -0.492 e. The molecule has 0 radical (unpaired) electrons. The lowest BCUT2D eigenvalue weighted by atomic mass is 10.2. The topological polar surface area (TPSA) is 84.9 Å². The molecule has 1 aliphatic heterocycles. The average Bonchev–Trinajstić information content (AvgIpc) is 3.13. The van der Waals surface area contributed by atoms with Gasteiger partial charge in [-0.3, -0.25) is 19.3 Å². The lowest BCUT2D eigenvalue weighted by Gasteiger charge is -2.13. The first-order chi connectivity index (χ1) is 18.2. The summed E-state index contributed by atoms with van der Waals surface area (Å²) in [6.07, 6.45) is 1.65. The van der Waals surface area contributed by atoms with E-state index in [9.17, 15) is 14.4 Å². The van der Waals surface area contributed by atoms with Crippen molar-refractivity contribution >= 4 is 68.1 Å². The first kappa shape index (κ1) is 27.8. The van der Waals surface area contributed by atoms with Crippen LogP contribution in [-0.4, -0.2) is 41.7 Å². The van der Waals surface area contributed by atoms with Crippen LogP contribution in [0.4, 0.5) is 10.5 Å². The molecule has 3 amide bonds. The van der Waals surface area contributed by atoms with E-state index in [-0.39, 0.29) is 36.8 Å². The van der Waals surface area contributed by atoms with E-state index in [4.69, 9.17) is 21.1 Å². The average molecular weight is 616 g/mol. The molecule has 1 N–H and O–H groups in total. The van der Waals surface area contributed by atoms with E-state index in [1.165, 1.54) is 4.90 Å². The molecule has 7 nitrogen and oxygen atoms in total. The number of nitrogens with zero attached hydrogens (tertiary/aromatic N) is 1. The van der Waals surface area contributed by atoms with Crippen molar-refractivity contribution in [3.05, 3.63) is 91.8 Å². The second-order valence-corrected chi connectivity index (χ2v) is 10.7. The Morgan fingerprint density at radius 2 is 1.89 bits per heavy atom. The van der Waals surface area contributed by atoms with Crippen molar-refractivity contribution in [1.82, 2.24) is 4.90 Å². The van der Waals surface area contributed by atoms with Crippen molar-refractivity contribution in [2.24, 2.45) is 0 Å². The van der Waals surface area contributed by atoms with Gasteiger partial charge in [0.2, 0.25) is 0 Å². The van der Waals surface area contributed by atoms with Gasteiger partial charge in [-0.2, -0.15) is 0 Å². The summed E-state index contributed by atoms with van der Waals surface area (Å²) in [4.78, 5) is 39.0. The third-order valence-corrected chi connectivity index (χ3v) is 7.45. The molecule has 0 saturated carbocycles. The maximum absolute atomic E-state index is 12.8. The molecule has 4 rings (SSSR count). The normalized spacial score (nSPS) is 14.2. The fourth-order valence-corrected chi connectivity index (χ4v) is 5.10. The maximum Gasteiger partial charge on any atom is 0.293 e. The van der Waals surface area contributed by atoms with E-state index in [1.54, 1.807) is 36.4 Å². The number of amides is 3. The highest BCUT2D eigenvalue weighted by atomic mass is 79.9. The number of carbonyl (C=O) groups excluding carboxylic acids is 3. The lowest BCUT2D eigenvalue weighted by molar-refractivity contribution is -0.123. The van der Waals surface area contributed by atoms with Crippen molar-refractivity contribution in [1.29, 1.82) is 0 Å². The largest absolute Gasteiger partial charge is 0.492 e. The fourth-order valence-electron chi connectivity index (χ4n) is 3.54. The predicted molar refractivity (Wildman–Crippen MR) is 154 cm³/mol. The molecular formula is C28H24BrClN2O5S. The summed E-state index contributed by atoms with van der Waals surface area (Å²) in [5.74, 6) is 0.454. The predicted octanol–water partition coefficient (Wildman–Crippen LogP) is 6.85. The van der Waals surface area contributed by atoms with Gasteiger partial charge in [-0.15, -0.1) is 0 Å². The fraction of sp³-hybridized carbons (Fsp3) is 0.179. The van der Waals surface area contributed by atoms with Gasteiger partial charge >= 0.3 is 0 Å². The number of carbonyl (C=O) groups is 3. The Labute approximate surface area is 238 Å². The quantitative estimate of drug-likeness (QED) is 0.265. The van der Waals surface area contributed by atoms with Crippen molar-refractivity contribution in [2.75, 3.05) is 25.1 Å². The van der Waals surface area contributed by atoms with E-state index in [2.05, 4.69) is 21.2 Å². The SMILES string of the molecule is Cc1cccc(OCCN2C(=O)S/C(=C\c3ccc(OCC(=O)Nc4ccc(C)c(Cl)c4)c(Br)c3)C2=O)c1. The van der Waals surface area contributed by atoms with E-state index in [0.717, 1.165) is 22.9 Å². The molecule has 0 aliphatic carbocycles. The van der Waals surface area contributed by atoms with Crippen LogP contribution in [0, 0.1) is 13.8 Å². The van der Waals surface area contributed by atoms with Gasteiger partial charge in [-0.1, -0.05) is 35.9 Å². The van der Waals surface area contributed by atoms with E-state index in [0.29, 0.717) is 37.2 Å². The molecule has 3 aromatic carbocycles. The molecule has 0 aromatic heterocycles. The summed E-state index contributed by atoms with van der Waals surface area (Å²) in [5, 5.41) is 2.97. The Kier molecular flexibility index (Phi) is 9.14. The van der Waals surface area contributed by atoms with Crippen LogP contribution in [-0.2, 0) is 9.59 Å². The summed E-state index contributed by atoms with van der Waals surface area (Å²) in [7, 11) is 0. The number of aryl methyl sites for hydroxylation is 2. The highest BCUT2D eigenvalue weighted by Gasteiger charge is 2.34. The highest BCUT2D eigenvalue weighted by molar-refractivity contribution is 9.10. The summed E-state index contributed by atoms with van der Waals surface area (Å²) in [6, 6.07) is 18.0. The smallest absolute Gasteiger partial charge is 0.293 e. The first-order valence-electron chi connectivity index (χ1n) is 11.6. The standard InChI is InChI=1S/C28H24BrClN2O5S/c1-17-4-3-5-21(12-17)36-11-10-32-27(34)25(38-28(32)35)14-19-7-9-24(22(29)13-19)37-16-26(33)31-20-8-6-18(2)23(30)15-20/h3-9,12-15H,10-11,16H2,1-2H3,(H,31,33)/b25-14-. The van der Waals surface area contributed by atoms with Crippen LogP contribution in [0.5, 0.6) is 11.5 Å². The van der Waals surface area contributed by atoms with Gasteiger partial charge in [-0.25, -0.2) is 0 Å². The number of anilines is 1. The second-order valence-electron chi connectivity index (χ2n) is 8.49. The number of rotatable bonds is 9. The summed E-state index contributed by atoms with van der Waals surface area (Å²) >= 11 is 10.4. The zero-order valence-electron chi connectivity index (χ0n) is 20.6. The third kappa shape index (κ3) is 7.18. The van der Waals surface area contributed by atoms with Crippen LogP contribution in [0.3, 0.4) is 0 Å². The zero-order chi connectivity index (χ0) is 27.2. The van der Waals surface area contributed by atoms with Gasteiger partial charge in [0.05, 0.1) is 15.9 Å². The summed E-state index contributed by atoms with van der Waals surface area (Å²) in [6.45, 7) is 4.00. The molecule has 1 aliphatic rings. The van der Waals surface area contributed by atoms with Gasteiger partial charge in [0.15, 0.2) is 6.61 Å². The third-order valence-electron chi connectivity index (χ3n) is 5.51. The van der Waals surface area contributed by atoms with Gasteiger partial charge in [0.1, 0.15) is 18.1 Å². The minimum atomic E-state index is -0.364. The molecule has 1 heterocycles. The monoisotopic (exact) mass is 614 g/mol. The molecule has 1 saturated heterocycles. The minimum absolute atomic E-state index is 0.156. The number of hydrogen-bond acceptors (Lipinski definition) is 6. The number of hydrogen-bond donors (Lipinski definition) is 1. The van der Waals surface area contributed by atoms with Crippen LogP contribution >= 0.6 is 39.3 Å². The van der Waals surface area contributed by atoms with Gasteiger partial charge in [0, 0.05) is 10.7 Å². The van der Waals surface area contributed by atoms with Crippen molar-refractivity contribution in [3.8, 4) is 11.5 Å². The van der Waals surface area contributed by atoms with Gasteiger partial charge in [0.25, 0.3) is 17.1 Å². The molecular weight excluding hydrogens is 592 g/mol. The first-order valence-corrected chi connectivity index (χ1v) is 13.6. The van der Waals surface area contributed by atoms with Crippen molar-refractivity contribution in [3.63, 3.8) is 0 Å². The van der Waals surface area contributed by atoms with E-state index >= 15 is 0 Å². The van der Waals surface area contributed by atoms with Crippen LogP contribution in [0.15, 0.2) is 70.0 Å².